The molecule has 0 saturated heterocycles. The van der Waals surface area contributed by atoms with Crippen LogP contribution in [-0.2, 0) is 0 Å². The number of aromatic nitrogens is 1. The number of pyridine rings is 1. The molecule has 2 aromatic rings. The average molecular weight is 234 g/mol. The fourth-order valence-corrected chi connectivity index (χ4v) is 1.43. The second kappa shape index (κ2) is 4.78. The number of nitrogens with zero attached hydrogens (tertiary/aromatic N) is 1. The minimum absolute atomic E-state index is 0.232. The number of nitrogens with one attached hydrogen (secondary N) is 1. The smallest absolute Gasteiger partial charge is 0.252 e. The number of rotatable bonds is 3. The van der Waals surface area contributed by atoms with Crippen LogP contribution in [-0.4, -0.2) is 10.9 Å². The van der Waals surface area contributed by atoms with Crippen molar-refractivity contribution in [3.8, 4) is 0 Å². The van der Waals surface area contributed by atoms with Crippen molar-refractivity contribution in [2.45, 2.75) is 13.0 Å². The second-order valence-corrected chi connectivity index (χ2v) is 3.58. The fourth-order valence-electron chi connectivity index (χ4n) is 1.43. The molecule has 1 amide bonds. The number of carbonyl (C=O) groups excluding carboxylic acids is 1. The quantitative estimate of drug-likeness (QED) is 0.829. The SMILES string of the molecule is CC(NC(=O)c1ccnc(F)c1)c1ccco1. The molecule has 2 aromatic heterocycles. The molecule has 1 atom stereocenters. The van der Waals surface area contributed by atoms with E-state index in [1.165, 1.54) is 18.5 Å². The Morgan fingerprint density at radius 3 is 3.00 bits per heavy atom. The zero-order valence-electron chi connectivity index (χ0n) is 9.18. The van der Waals surface area contributed by atoms with Gasteiger partial charge in [-0.1, -0.05) is 0 Å². The highest BCUT2D eigenvalue weighted by atomic mass is 19.1. The van der Waals surface area contributed by atoms with Crippen LogP contribution in [0, 0.1) is 5.95 Å². The summed E-state index contributed by atoms with van der Waals surface area (Å²) in [6.07, 6.45) is 2.78. The Morgan fingerprint density at radius 2 is 2.35 bits per heavy atom. The largest absolute Gasteiger partial charge is 0.467 e. The number of furan rings is 1. The van der Waals surface area contributed by atoms with Crippen LogP contribution in [0.25, 0.3) is 0 Å². The molecule has 88 valence electrons. The molecule has 0 aromatic carbocycles. The third-order valence-electron chi connectivity index (χ3n) is 2.31. The van der Waals surface area contributed by atoms with Gasteiger partial charge in [0.15, 0.2) is 0 Å². The Balaban J connectivity index is 2.07. The summed E-state index contributed by atoms with van der Waals surface area (Å²) in [7, 11) is 0. The van der Waals surface area contributed by atoms with E-state index in [0.29, 0.717) is 5.76 Å². The summed E-state index contributed by atoms with van der Waals surface area (Å²) in [5.41, 5.74) is 0.232. The lowest BCUT2D eigenvalue weighted by molar-refractivity contribution is 0.0934. The van der Waals surface area contributed by atoms with Gasteiger partial charge in [0, 0.05) is 17.8 Å². The Morgan fingerprint density at radius 1 is 1.53 bits per heavy atom. The van der Waals surface area contributed by atoms with Gasteiger partial charge in [0.05, 0.1) is 12.3 Å². The summed E-state index contributed by atoms with van der Waals surface area (Å²) < 4.78 is 18.0. The minimum atomic E-state index is -0.677. The van der Waals surface area contributed by atoms with Crippen molar-refractivity contribution in [1.82, 2.24) is 10.3 Å². The van der Waals surface area contributed by atoms with E-state index in [2.05, 4.69) is 10.3 Å². The molecule has 2 heterocycles. The molecule has 0 saturated carbocycles. The normalized spacial score (nSPS) is 12.1. The van der Waals surface area contributed by atoms with Crippen LogP contribution < -0.4 is 5.32 Å². The van der Waals surface area contributed by atoms with E-state index in [4.69, 9.17) is 4.42 Å². The van der Waals surface area contributed by atoms with Gasteiger partial charge in [0.25, 0.3) is 5.91 Å². The van der Waals surface area contributed by atoms with Gasteiger partial charge in [0.1, 0.15) is 5.76 Å². The Hall–Kier alpha value is -2.17. The first-order valence-electron chi connectivity index (χ1n) is 5.12. The van der Waals surface area contributed by atoms with Gasteiger partial charge in [-0.3, -0.25) is 4.79 Å². The molecule has 0 spiro atoms. The van der Waals surface area contributed by atoms with E-state index in [1.807, 2.05) is 0 Å². The molecule has 0 aliphatic heterocycles. The summed E-state index contributed by atoms with van der Waals surface area (Å²) >= 11 is 0. The van der Waals surface area contributed by atoms with Crippen molar-refractivity contribution in [2.75, 3.05) is 0 Å². The van der Waals surface area contributed by atoms with Crippen molar-refractivity contribution in [3.05, 3.63) is 54.0 Å². The molecule has 0 aliphatic rings. The maximum absolute atomic E-state index is 12.8. The van der Waals surface area contributed by atoms with Crippen molar-refractivity contribution >= 4 is 5.91 Å². The van der Waals surface area contributed by atoms with Crippen LogP contribution in [0.3, 0.4) is 0 Å². The number of amides is 1. The predicted molar refractivity (Wildman–Crippen MR) is 58.8 cm³/mol. The lowest BCUT2D eigenvalue weighted by atomic mass is 10.2. The number of hydrogen-bond acceptors (Lipinski definition) is 3. The standard InChI is InChI=1S/C12H11FN2O2/c1-8(10-3-2-6-17-10)15-12(16)9-4-5-14-11(13)7-9/h2-8H,1H3,(H,15,16). The van der Waals surface area contributed by atoms with Gasteiger partial charge in [0.2, 0.25) is 5.95 Å². The topological polar surface area (TPSA) is 55.1 Å². The second-order valence-electron chi connectivity index (χ2n) is 3.58. The highest BCUT2D eigenvalue weighted by molar-refractivity contribution is 5.94. The summed E-state index contributed by atoms with van der Waals surface area (Å²) in [5, 5.41) is 2.70. The van der Waals surface area contributed by atoms with E-state index in [0.717, 1.165) is 6.07 Å². The zero-order chi connectivity index (χ0) is 12.3. The van der Waals surface area contributed by atoms with Gasteiger partial charge in [-0.25, -0.2) is 4.98 Å². The predicted octanol–water partition coefficient (Wildman–Crippen LogP) is 2.30. The molecule has 0 fully saturated rings. The molecule has 5 heteroatoms. The maximum Gasteiger partial charge on any atom is 0.252 e. The Labute approximate surface area is 97.5 Å². The molecule has 1 N–H and O–H groups in total. The first-order valence-corrected chi connectivity index (χ1v) is 5.12. The third-order valence-corrected chi connectivity index (χ3v) is 2.31. The molecular formula is C12H11FN2O2. The number of hydrogen-bond donors (Lipinski definition) is 1. The van der Waals surface area contributed by atoms with Crippen molar-refractivity contribution in [1.29, 1.82) is 0 Å². The highest BCUT2D eigenvalue weighted by Crippen LogP contribution is 2.13. The number of halogens is 1. The summed E-state index contributed by atoms with van der Waals surface area (Å²) in [6.45, 7) is 1.79. The van der Waals surface area contributed by atoms with Crippen LogP contribution in [0.2, 0.25) is 0 Å². The van der Waals surface area contributed by atoms with Crippen LogP contribution in [0.1, 0.15) is 29.1 Å². The molecule has 2 rings (SSSR count). The summed E-state index contributed by atoms with van der Waals surface area (Å²) in [4.78, 5) is 15.1. The highest BCUT2D eigenvalue weighted by Gasteiger charge is 2.13. The van der Waals surface area contributed by atoms with E-state index >= 15 is 0 Å². The first-order chi connectivity index (χ1) is 8.16. The lowest BCUT2D eigenvalue weighted by Crippen LogP contribution is -2.26. The first kappa shape index (κ1) is 11.3. The van der Waals surface area contributed by atoms with Gasteiger partial charge >= 0.3 is 0 Å². The molecule has 4 nitrogen and oxygen atoms in total. The average Bonchev–Trinajstić information content (AvgIpc) is 2.82. The Kier molecular flexibility index (Phi) is 3.18. The minimum Gasteiger partial charge on any atom is -0.467 e. The van der Waals surface area contributed by atoms with Gasteiger partial charge < -0.3 is 9.73 Å². The zero-order valence-corrected chi connectivity index (χ0v) is 9.18. The summed E-state index contributed by atoms with van der Waals surface area (Å²) in [5.74, 6) is -0.397. The molecule has 0 radical (unpaired) electrons. The fraction of sp³-hybridized carbons (Fsp3) is 0.167. The maximum atomic E-state index is 12.8. The lowest BCUT2D eigenvalue weighted by Gasteiger charge is -2.11. The Bertz CT molecular complexity index is 511. The molecule has 1 unspecified atom stereocenters. The van der Waals surface area contributed by atoms with Gasteiger partial charge in [-0.15, -0.1) is 0 Å². The van der Waals surface area contributed by atoms with Crippen molar-refractivity contribution in [2.24, 2.45) is 0 Å². The molecule has 0 bridgehead atoms. The van der Waals surface area contributed by atoms with Gasteiger partial charge in [-0.05, 0) is 25.1 Å². The van der Waals surface area contributed by atoms with E-state index in [9.17, 15) is 9.18 Å². The molecule has 0 aliphatic carbocycles. The third kappa shape index (κ3) is 2.69. The number of carbonyl (C=O) groups is 1. The van der Waals surface area contributed by atoms with E-state index in [-0.39, 0.29) is 17.5 Å². The van der Waals surface area contributed by atoms with E-state index in [1.54, 1.807) is 19.1 Å². The van der Waals surface area contributed by atoms with Crippen molar-refractivity contribution in [3.63, 3.8) is 0 Å². The van der Waals surface area contributed by atoms with Crippen molar-refractivity contribution < 1.29 is 13.6 Å². The monoisotopic (exact) mass is 234 g/mol. The van der Waals surface area contributed by atoms with E-state index < -0.39 is 5.95 Å². The molecular weight excluding hydrogens is 223 g/mol. The van der Waals surface area contributed by atoms with Crippen LogP contribution in [0.4, 0.5) is 4.39 Å². The van der Waals surface area contributed by atoms with Gasteiger partial charge in [-0.2, -0.15) is 4.39 Å². The van der Waals surface area contributed by atoms with Crippen LogP contribution in [0.5, 0.6) is 0 Å². The van der Waals surface area contributed by atoms with Crippen LogP contribution in [0.15, 0.2) is 41.1 Å². The molecule has 17 heavy (non-hydrogen) atoms. The summed E-state index contributed by atoms with van der Waals surface area (Å²) in [6, 6.07) is 5.77. The van der Waals surface area contributed by atoms with Crippen LogP contribution >= 0.6 is 0 Å².